The predicted octanol–water partition coefficient (Wildman–Crippen LogP) is 0.621. The molecule has 0 fully saturated rings. The van der Waals surface area contributed by atoms with Gasteiger partial charge in [-0.1, -0.05) is 30.3 Å². The average molecular weight is 292 g/mol. The first-order chi connectivity index (χ1) is 9.88. The molecule has 1 rings (SSSR count). The molecular weight excluding hydrogens is 272 g/mol. The second-order valence-electron chi connectivity index (χ2n) is 5.00. The number of amides is 1. The smallest absolute Gasteiger partial charge is 0.323 e. The van der Waals surface area contributed by atoms with Crippen LogP contribution in [0.4, 0.5) is 0 Å². The van der Waals surface area contributed by atoms with Crippen LogP contribution in [0.3, 0.4) is 0 Å². The molecule has 0 unspecified atom stereocenters. The highest BCUT2D eigenvalue weighted by molar-refractivity contribution is 5.83. The summed E-state index contributed by atoms with van der Waals surface area (Å²) in [5.74, 6) is -1.42. The molecule has 0 saturated carbocycles. The van der Waals surface area contributed by atoms with E-state index >= 15 is 0 Å². The largest absolute Gasteiger partial charge is 0.480 e. The van der Waals surface area contributed by atoms with E-state index < -0.39 is 5.97 Å². The Balaban J connectivity index is 2.70. The number of Topliss-reactive ketones (excluding diaryl/α,β-unsaturated/α-hetero) is 1. The maximum Gasteiger partial charge on any atom is 0.323 e. The summed E-state index contributed by atoms with van der Waals surface area (Å²) in [6.07, 6.45) is 0. The Labute approximate surface area is 124 Å². The van der Waals surface area contributed by atoms with E-state index in [1.54, 1.807) is 11.9 Å². The van der Waals surface area contributed by atoms with Crippen molar-refractivity contribution in [3.63, 3.8) is 0 Å². The number of aliphatic carboxylic acids is 1. The SMILES string of the molecule is CC(=O)CN(C)CC(=O)N(CC(=O)O)Cc1ccccc1. The van der Waals surface area contributed by atoms with Gasteiger partial charge in [-0.15, -0.1) is 0 Å². The predicted molar refractivity (Wildman–Crippen MR) is 77.7 cm³/mol. The van der Waals surface area contributed by atoms with E-state index in [-0.39, 0.29) is 37.9 Å². The Hall–Kier alpha value is -2.21. The van der Waals surface area contributed by atoms with Crippen LogP contribution >= 0.6 is 0 Å². The van der Waals surface area contributed by atoms with E-state index in [2.05, 4.69) is 0 Å². The first kappa shape index (κ1) is 16.8. The van der Waals surface area contributed by atoms with E-state index in [0.29, 0.717) is 0 Å². The number of benzene rings is 1. The zero-order valence-corrected chi connectivity index (χ0v) is 12.3. The molecule has 114 valence electrons. The maximum absolute atomic E-state index is 12.2. The zero-order chi connectivity index (χ0) is 15.8. The van der Waals surface area contributed by atoms with Gasteiger partial charge < -0.3 is 10.0 Å². The fourth-order valence-corrected chi connectivity index (χ4v) is 1.97. The lowest BCUT2D eigenvalue weighted by Gasteiger charge is -2.23. The number of carbonyl (C=O) groups excluding carboxylic acids is 2. The molecule has 1 N–H and O–H groups in total. The summed E-state index contributed by atoms with van der Waals surface area (Å²) in [4.78, 5) is 37.0. The molecule has 1 aromatic carbocycles. The molecule has 0 aromatic heterocycles. The van der Waals surface area contributed by atoms with Gasteiger partial charge in [0.15, 0.2) is 0 Å². The molecule has 0 atom stereocenters. The molecule has 0 bridgehead atoms. The number of carboxylic acids is 1. The van der Waals surface area contributed by atoms with Crippen molar-refractivity contribution in [2.45, 2.75) is 13.5 Å². The first-order valence-electron chi connectivity index (χ1n) is 6.60. The zero-order valence-electron chi connectivity index (χ0n) is 12.3. The number of hydrogen-bond acceptors (Lipinski definition) is 4. The fourth-order valence-electron chi connectivity index (χ4n) is 1.97. The van der Waals surface area contributed by atoms with Gasteiger partial charge in [0, 0.05) is 6.54 Å². The monoisotopic (exact) mass is 292 g/mol. The molecule has 0 radical (unpaired) electrons. The molecule has 0 heterocycles. The van der Waals surface area contributed by atoms with Crippen LogP contribution in [-0.4, -0.2) is 59.2 Å². The summed E-state index contributed by atoms with van der Waals surface area (Å²) < 4.78 is 0. The summed E-state index contributed by atoms with van der Waals surface area (Å²) in [7, 11) is 1.65. The normalized spacial score (nSPS) is 10.4. The van der Waals surface area contributed by atoms with Crippen molar-refractivity contribution in [2.75, 3.05) is 26.7 Å². The van der Waals surface area contributed by atoms with Gasteiger partial charge in [0.25, 0.3) is 0 Å². The third kappa shape index (κ3) is 6.67. The minimum absolute atomic E-state index is 0.0136. The van der Waals surface area contributed by atoms with Gasteiger partial charge in [-0.2, -0.15) is 0 Å². The Morgan fingerprint density at radius 3 is 2.19 bits per heavy atom. The lowest BCUT2D eigenvalue weighted by Crippen LogP contribution is -2.42. The second kappa shape index (κ2) is 8.16. The van der Waals surface area contributed by atoms with Crippen LogP contribution < -0.4 is 0 Å². The number of rotatable bonds is 8. The number of ketones is 1. The molecule has 6 heteroatoms. The summed E-state index contributed by atoms with van der Waals surface area (Å²) in [6, 6.07) is 9.19. The highest BCUT2D eigenvalue weighted by Gasteiger charge is 2.19. The van der Waals surface area contributed by atoms with Crippen molar-refractivity contribution in [1.29, 1.82) is 0 Å². The second-order valence-corrected chi connectivity index (χ2v) is 5.00. The summed E-state index contributed by atoms with van der Waals surface area (Å²) in [5.41, 5.74) is 0.862. The topological polar surface area (TPSA) is 77.9 Å². The van der Waals surface area contributed by atoms with Crippen LogP contribution in [0.5, 0.6) is 0 Å². The Morgan fingerprint density at radius 2 is 1.67 bits per heavy atom. The highest BCUT2D eigenvalue weighted by atomic mass is 16.4. The maximum atomic E-state index is 12.2. The Morgan fingerprint density at radius 1 is 1.05 bits per heavy atom. The van der Waals surface area contributed by atoms with E-state index in [1.807, 2.05) is 30.3 Å². The van der Waals surface area contributed by atoms with Crippen molar-refractivity contribution < 1.29 is 19.5 Å². The molecule has 6 nitrogen and oxygen atoms in total. The lowest BCUT2D eigenvalue weighted by atomic mass is 10.2. The average Bonchev–Trinajstić information content (AvgIpc) is 2.37. The molecule has 1 amide bonds. The highest BCUT2D eigenvalue weighted by Crippen LogP contribution is 2.05. The molecule has 0 aliphatic heterocycles. The third-order valence-corrected chi connectivity index (χ3v) is 2.79. The van der Waals surface area contributed by atoms with Gasteiger partial charge in [-0.05, 0) is 19.5 Å². The van der Waals surface area contributed by atoms with Crippen molar-refractivity contribution >= 4 is 17.7 Å². The summed E-state index contributed by atoms with van der Waals surface area (Å²) in [5, 5.41) is 8.93. The van der Waals surface area contributed by atoms with E-state index in [4.69, 9.17) is 5.11 Å². The van der Waals surface area contributed by atoms with Gasteiger partial charge in [0.2, 0.25) is 5.91 Å². The lowest BCUT2D eigenvalue weighted by molar-refractivity contribution is -0.145. The molecule has 0 aliphatic rings. The van der Waals surface area contributed by atoms with E-state index in [0.717, 1.165) is 5.56 Å². The Bertz CT molecular complexity index is 502. The van der Waals surface area contributed by atoms with Gasteiger partial charge in [0.05, 0.1) is 13.1 Å². The van der Waals surface area contributed by atoms with Gasteiger partial charge in [-0.25, -0.2) is 0 Å². The fraction of sp³-hybridized carbons (Fsp3) is 0.400. The van der Waals surface area contributed by atoms with E-state index in [9.17, 15) is 14.4 Å². The molecule has 0 spiro atoms. The van der Waals surface area contributed by atoms with Crippen LogP contribution in [0.15, 0.2) is 30.3 Å². The van der Waals surface area contributed by atoms with Crippen LogP contribution in [0, 0.1) is 0 Å². The minimum Gasteiger partial charge on any atom is -0.480 e. The quantitative estimate of drug-likeness (QED) is 0.760. The number of carbonyl (C=O) groups is 3. The molecule has 21 heavy (non-hydrogen) atoms. The van der Waals surface area contributed by atoms with Crippen molar-refractivity contribution in [1.82, 2.24) is 9.80 Å². The van der Waals surface area contributed by atoms with Gasteiger partial charge >= 0.3 is 5.97 Å². The third-order valence-electron chi connectivity index (χ3n) is 2.79. The standard InChI is InChI=1S/C15H20N2O4/c1-12(18)8-16(2)10-14(19)17(11-15(20)21)9-13-6-4-3-5-7-13/h3-7H,8-11H2,1-2H3,(H,20,21). The van der Waals surface area contributed by atoms with Crippen molar-refractivity contribution in [3.05, 3.63) is 35.9 Å². The van der Waals surface area contributed by atoms with Crippen LogP contribution in [0.1, 0.15) is 12.5 Å². The summed E-state index contributed by atoms with van der Waals surface area (Å²) >= 11 is 0. The first-order valence-corrected chi connectivity index (χ1v) is 6.60. The number of likely N-dealkylation sites (N-methyl/N-ethyl adjacent to an activating group) is 1. The van der Waals surface area contributed by atoms with Crippen LogP contribution in [-0.2, 0) is 20.9 Å². The van der Waals surface area contributed by atoms with Crippen LogP contribution in [0.25, 0.3) is 0 Å². The molecular formula is C15H20N2O4. The molecule has 0 saturated heterocycles. The van der Waals surface area contributed by atoms with Gasteiger partial charge in [0.1, 0.15) is 12.3 Å². The van der Waals surface area contributed by atoms with E-state index in [1.165, 1.54) is 11.8 Å². The van der Waals surface area contributed by atoms with Crippen molar-refractivity contribution in [3.8, 4) is 0 Å². The number of nitrogens with zero attached hydrogens (tertiary/aromatic N) is 2. The number of carboxylic acid groups (broad SMARTS) is 1. The minimum atomic E-state index is -1.06. The Kier molecular flexibility index (Phi) is 6.55. The van der Waals surface area contributed by atoms with Crippen molar-refractivity contribution in [2.24, 2.45) is 0 Å². The number of hydrogen-bond donors (Lipinski definition) is 1. The van der Waals surface area contributed by atoms with Crippen LogP contribution in [0.2, 0.25) is 0 Å². The molecule has 1 aromatic rings. The molecule has 0 aliphatic carbocycles. The van der Waals surface area contributed by atoms with Gasteiger partial charge in [-0.3, -0.25) is 19.3 Å². The summed E-state index contributed by atoms with van der Waals surface area (Å²) in [6.45, 7) is 1.50.